The lowest BCUT2D eigenvalue weighted by atomic mass is 9.95. The van der Waals surface area contributed by atoms with Crippen LogP contribution in [0.3, 0.4) is 0 Å². The summed E-state index contributed by atoms with van der Waals surface area (Å²) in [4.78, 5) is 11.6. The van der Waals surface area contributed by atoms with E-state index in [4.69, 9.17) is 0 Å². The first kappa shape index (κ1) is 14.5. The highest BCUT2D eigenvalue weighted by atomic mass is 32.2. The molecule has 114 valence electrons. The summed E-state index contributed by atoms with van der Waals surface area (Å²) in [7, 11) is -3.21. The summed E-state index contributed by atoms with van der Waals surface area (Å²) >= 11 is 0. The maximum Gasteiger partial charge on any atom is 0.306 e. The summed E-state index contributed by atoms with van der Waals surface area (Å²) in [6.07, 6.45) is 2.55. The number of sulfone groups is 1. The maximum atomic E-state index is 12.1. The van der Waals surface area contributed by atoms with Gasteiger partial charge < -0.3 is 10.4 Å². The van der Waals surface area contributed by atoms with Crippen LogP contribution in [0, 0.1) is 11.8 Å². The van der Waals surface area contributed by atoms with Crippen molar-refractivity contribution in [1.82, 2.24) is 5.32 Å². The van der Waals surface area contributed by atoms with Crippen molar-refractivity contribution >= 4 is 15.8 Å². The first-order chi connectivity index (χ1) is 9.99. The number of nitrogens with one attached hydrogen (secondary N) is 1. The SMILES string of the molecule is O=C(O)C1CCCC1CNC1CS(=O)(=O)c2ccccc21. The van der Waals surface area contributed by atoms with Crippen LogP contribution in [0.2, 0.25) is 0 Å². The number of hydrogen-bond acceptors (Lipinski definition) is 4. The van der Waals surface area contributed by atoms with Gasteiger partial charge in [0.2, 0.25) is 0 Å². The summed E-state index contributed by atoms with van der Waals surface area (Å²) in [6, 6.07) is 6.82. The Hall–Kier alpha value is -1.40. The Morgan fingerprint density at radius 2 is 2.05 bits per heavy atom. The quantitative estimate of drug-likeness (QED) is 0.883. The zero-order valence-electron chi connectivity index (χ0n) is 11.7. The second-order valence-electron chi connectivity index (χ2n) is 5.92. The summed E-state index contributed by atoms with van der Waals surface area (Å²) in [6.45, 7) is 0.561. The summed E-state index contributed by atoms with van der Waals surface area (Å²) in [5.41, 5.74) is 0.808. The smallest absolute Gasteiger partial charge is 0.306 e. The molecule has 0 spiro atoms. The number of rotatable bonds is 4. The molecule has 0 amide bonds. The molecule has 2 aliphatic rings. The lowest BCUT2D eigenvalue weighted by Gasteiger charge is -2.19. The van der Waals surface area contributed by atoms with Gasteiger partial charge in [-0.3, -0.25) is 4.79 Å². The number of aliphatic carboxylic acids is 1. The molecule has 6 heteroatoms. The third kappa shape index (κ3) is 2.70. The van der Waals surface area contributed by atoms with E-state index in [9.17, 15) is 18.3 Å². The van der Waals surface area contributed by atoms with E-state index < -0.39 is 15.8 Å². The minimum absolute atomic E-state index is 0.0663. The van der Waals surface area contributed by atoms with E-state index in [-0.39, 0.29) is 23.6 Å². The predicted octanol–water partition coefficient (Wildman–Crippen LogP) is 1.61. The van der Waals surface area contributed by atoms with Crippen molar-refractivity contribution in [3.8, 4) is 0 Å². The highest BCUT2D eigenvalue weighted by Crippen LogP contribution is 2.35. The molecule has 0 aromatic heterocycles. The lowest BCUT2D eigenvalue weighted by Crippen LogP contribution is -2.32. The van der Waals surface area contributed by atoms with Crippen LogP contribution in [0.5, 0.6) is 0 Å². The Morgan fingerprint density at radius 3 is 2.81 bits per heavy atom. The Bertz CT molecular complexity index is 655. The van der Waals surface area contributed by atoms with Gasteiger partial charge in [0.1, 0.15) is 0 Å². The highest BCUT2D eigenvalue weighted by molar-refractivity contribution is 7.91. The maximum absolute atomic E-state index is 12.1. The van der Waals surface area contributed by atoms with Crippen LogP contribution in [-0.4, -0.2) is 31.8 Å². The average molecular weight is 309 g/mol. The van der Waals surface area contributed by atoms with Crippen LogP contribution in [0.1, 0.15) is 30.9 Å². The number of carboxylic acids is 1. The number of carbonyl (C=O) groups is 1. The fourth-order valence-electron chi connectivity index (χ4n) is 3.52. The molecule has 3 rings (SSSR count). The Balaban J connectivity index is 1.71. The molecule has 1 saturated carbocycles. The van der Waals surface area contributed by atoms with Crippen LogP contribution in [0.25, 0.3) is 0 Å². The summed E-state index contributed by atoms with van der Waals surface area (Å²) in [5, 5.41) is 12.5. The fraction of sp³-hybridized carbons (Fsp3) is 0.533. The van der Waals surface area contributed by atoms with Gasteiger partial charge in [-0.15, -0.1) is 0 Å². The van der Waals surface area contributed by atoms with Crippen LogP contribution in [0.15, 0.2) is 29.2 Å². The van der Waals surface area contributed by atoms with Gasteiger partial charge in [-0.25, -0.2) is 8.42 Å². The van der Waals surface area contributed by atoms with Crippen molar-refractivity contribution in [2.24, 2.45) is 11.8 Å². The third-order valence-corrected chi connectivity index (χ3v) is 6.43. The molecule has 1 fully saturated rings. The van der Waals surface area contributed by atoms with E-state index >= 15 is 0 Å². The number of benzene rings is 1. The number of carboxylic acid groups (broad SMARTS) is 1. The molecule has 3 unspecified atom stereocenters. The minimum atomic E-state index is -3.21. The summed E-state index contributed by atoms with van der Waals surface area (Å²) in [5.74, 6) is -0.876. The van der Waals surface area contributed by atoms with Crippen molar-refractivity contribution in [2.45, 2.75) is 30.2 Å². The molecule has 2 N–H and O–H groups in total. The third-order valence-electron chi connectivity index (χ3n) is 4.62. The molecule has 0 bridgehead atoms. The molecule has 1 aromatic carbocycles. The van der Waals surface area contributed by atoms with Crippen molar-refractivity contribution in [2.75, 3.05) is 12.3 Å². The Morgan fingerprint density at radius 1 is 1.29 bits per heavy atom. The largest absolute Gasteiger partial charge is 0.481 e. The highest BCUT2D eigenvalue weighted by Gasteiger charge is 2.37. The zero-order chi connectivity index (χ0) is 15.0. The van der Waals surface area contributed by atoms with Crippen LogP contribution in [-0.2, 0) is 14.6 Å². The minimum Gasteiger partial charge on any atom is -0.481 e. The van der Waals surface area contributed by atoms with Crippen molar-refractivity contribution < 1.29 is 18.3 Å². The zero-order valence-corrected chi connectivity index (χ0v) is 12.5. The molecule has 21 heavy (non-hydrogen) atoms. The first-order valence-electron chi connectivity index (χ1n) is 7.27. The number of fused-ring (bicyclic) bond motifs is 1. The molecule has 0 saturated heterocycles. The van der Waals surface area contributed by atoms with Gasteiger partial charge >= 0.3 is 5.97 Å². The van der Waals surface area contributed by atoms with Gasteiger partial charge in [-0.05, 0) is 36.9 Å². The molecule has 1 aliphatic heterocycles. The van der Waals surface area contributed by atoms with Gasteiger partial charge in [-0.1, -0.05) is 24.6 Å². The molecule has 1 aromatic rings. The van der Waals surface area contributed by atoms with Crippen LogP contribution < -0.4 is 5.32 Å². The second-order valence-corrected chi connectivity index (χ2v) is 7.92. The van der Waals surface area contributed by atoms with E-state index in [1.54, 1.807) is 12.1 Å². The molecule has 1 aliphatic carbocycles. The van der Waals surface area contributed by atoms with E-state index in [1.807, 2.05) is 12.1 Å². The standard InChI is InChI=1S/C15H19NO4S/c17-15(18)11-6-3-4-10(11)8-16-13-9-21(19,20)14-7-2-1-5-12(13)14/h1-2,5,7,10-11,13,16H,3-4,6,8-9H2,(H,17,18). The van der Waals surface area contributed by atoms with Crippen molar-refractivity contribution in [3.05, 3.63) is 29.8 Å². The van der Waals surface area contributed by atoms with E-state index in [0.717, 1.165) is 24.8 Å². The molecule has 0 radical (unpaired) electrons. The molecule has 5 nitrogen and oxygen atoms in total. The molecular weight excluding hydrogens is 290 g/mol. The van der Waals surface area contributed by atoms with Crippen LogP contribution in [0.4, 0.5) is 0 Å². The van der Waals surface area contributed by atoms with Gasteiger partial charge in [-0.2, -0.15) is 0 Å². The van der Waals surface area contributed by atoms with Gasteiger partial charge in [0.15, 0.2) is 9.84 Å². The normalized spacial score (nSPS) is 30.2. The second kappa shape index (κ2) is 5.42. The van der Waals surface area contributed by atoms with E-state index in [0.29, 0.717) is 11.4 Å². The molecule has 1 heterocycles. The van der Waals surface area contributed by atoms with Gasteiger partial charge in [0.05, 0.1) is 16.6 Å². The van der Waals surface area contributed by atoms with Crippen molar-refractivity contribution in [3.63, 3.8) is 0 Å². The fourth-order valence-corrected chi connectivity index (χ4v) is 5.29. The Labute approximate surface area is 124 Å². The first-order valence-corrected chi connectivity index (χ1v) is 8.92. The molecular formula is C15H19NO4S. The summed E-state index contributed by atoms with van der Waals surface area (Å²) < 4.78 is 24.2. The number of hydrogen-bond donors (Lipinski definition) is 2. The van der Waals surface area contributed by atoms with Gasteiger partial charge in [0, 0.05) is 6.04 Å². The monoisotopic (exact) mass is 309 g/mol. The van der Waals surface area contributed by atoms with Crippen molar-refractivity contribution in [1.29, 1.82) is 0 Å². The lowest BCUT2D eigenvalue weighted by molar-refractivity contribution is -0.142. The van der Waals surface area contributed by atoms with Gasteiger partial charge in [0.25, 0.3) is 0 Å². The molecule has 3 atom stereocenters. The topological polar surface area (TPSA) is 83.5 Å². The predicted molar refractivity (Wildman–Crippen MR) is 77.7 cm³/mol. The Kier molecular flexibility index (Phi) is 3.75. The average Bonchev–Trinajstić information content (AvgIpc) is 3.00. The van der Waals surface area contributed by atoms with E-state index in [1.165, 1.54) is 0 Å². The van der Waals surface area contributed by atoms with Crippen LogP contribution >= 0.6 is 0 Å². The van der Waals surface area contributed by atoms with E-state index in [2.05, 4.69) is 5.32 Å².